The van der Waals surface area contributed by atoms with Crippen LogP contribution in [0.25, 0.3) is 0 Å². The van der Waals surface area contributed by atoms with Gasteiger partial charge < -0.3 is 4.98 Å². The number of amides is 1. The van der Waals surface area contributed by atoms with Crippen molar-refractivity contribution in [3.05, 3.63) is 58.0 Å². The highest BCUT2D eigenvalue weighted by molar-refractivity contribution is 5.92. The highest BCUT2D eigenvalue weighted by Crippen LogP contribution is 2.33. The SMILES string of the molecule is C[C@H](ONC(=O)c1cnc(C2CCC2)[nH]c1=O)c1ccncc1. The van der Waals surface area contributed by atoms with Crippen molar-refractivity contribution in [3.8, 4) is 0 Å². The Labute approximate surface area is 133 Å². The summed E-state index contributed by atoms with van der Waals surface area (Å²) in [5.41, 5.74) is 2.66. The summed E-state index contributed by atoms with van der Waals surface area (Å²) < 4.78 is 0. The van der Waals surface area contributed by atoms with Gasteiger partial charge in [-0.05, 0) is 37.5 Å². The average Bonchev–Trinajstić information content (AvgIpc) is 2.51. The van der Waals surface area contributed by atoms with Crippen LogP contribution in [0.15, 0.2) is 35.5 Å². The molecule has 2 N–H and O–H groups in total. The molecule has 1 amide bonds. The van der Waals surface area contributed by atoms with Crippen LogP contribution in [0.2, 0.25) is 0 Å². The van der Waals surface area contributed by atoms with E-state index in [4.69, 9.17) is 4.84 Å². The summed E-state index contributed by atoms with van der Waals surface area (Å²) in [6.45, 7) is 1.79. The average molecular weight is 314 g/mol. The van der Waals surface area contributed by atoms with Gasteiger partial charge in [0.05, 0.1) is 0 Å². The van der Waals surface area contributed by atoms with Gasteiger partial charge in [-0.15, -0.1) is 0 Å². The molecule has 0 unspecified atom stereocenters. The van der Waals surface area contributed by atoms with Crippen LogP contribution in [0.5, 0.6) is 0 Å². The van der Waals surface area contributed by atoms with Crippen LogP contribution in [0.3, 0.4) is 0 Å². The van der Waals surface area contributed by atoms with Crippen LogP contribution < -0.4 is 11.0 Å². The van der Waals surface area contributed by atoms with E-state index >= 15 is 0 Å². The van der Waals surface area contributed by atoms with E-state index in [2.05, 4.69) is 20.4 Å². The van der Waals surface area contributed by atoms with Crippen LogP contribution >= 0.6 is 0 Å². The molecule has 2 aromatic rings. The smallest absolute Gasteiger partial charge is 0.282 e. The topological polar surface area (TPSA) is 97.0 Å². The lowest BCUT2D eigenvalue weighted by molar-refractivity contribution is -0.00906. The molecule has 0 bridgehead atoms. The Morgan fingerprint density at radius 2 is 2.13 bits per heavy atom. The number of carbonyl (C=O) groups excluding carboxylic acids is 1. The summed E-state index contributed by atoms with van der Waals surface area (Å²) in [4.78, 5) is 40.2. The zero-order chi connectivity index (χ0) is 16.2. The highest BCUT2D eigenvalue weighted by Gasteiger charge is 2.23. The first-order chi connectivity index (χ1) is 11.1. The molecule has 23 heavy (non-hydrogen) atoms. The second kappa shape index (κ2) is 6.70. The minimum absolute atomic E-state index is 0.0602. The predicted molar refractivity (Wildman–Crippen MR) is 82.7 cm³/mol. The van der Waals surface area contributed by atoms with E-state index in [0.29, 0.717) is 11.7 Å². The first kappa shape index (κ1) is 15.4. The Morgan fingerprint density at radius 1 is 1.39 bits per heavy atom. The standard InChI is InChI=1S/C16H18N4O3/c1-10(11-5-7-17-8-6-11)23-20-16(22)13-9-18-14(19-15(13)21)12-3-2-4-12/h5-10,12H,2-4H2,1H3,(H,20,22)(H,18,19,21)/t10-/m0/s1. The number of rotatable bonds is 5. The molecular weight excluding hydrogens is 296 g/mol. The molecule has 0 aliphatic heterocycles. The van der Waals surface area contributed by atoms with Gasteiger partial charge in [0.2, 0.25) is 0 Å². The molecule has 1 fully saturated rings. The lowest BCUT2D eigenvalue weighted by Gasteiger charge is -2.23. The maximum Gasteiger partial charge on any atom is 0.282 e. The Morgan fingerprint density at radius 3 is 2.74 bits per heavy atom. The molecule has 7 heteroatoms. The maximum atomic E-state index is 12.1. The molecule has 2 heterocycles. The van der Waals surface area contributed by atoms with E-state index in [1.165, 1.54) is 6.20 Å². The van der Waals surface area contributed by atoms with Crippen LogP contribution in [0.1, 0.15) is 60.0 Å². The third-order valence-electron chi connectivity index (χ3n) is 4.06. The zero-order valence-electron chi connectivity index (χ0n) is 12.8. The number of aromatic nitrogens is 3. The fourth-order valence-corrected chi connectivity index (χ4v) is 2.36. The molecule has 2 aromatic heterocycles. The van der Waals surface area contributed by atoms with Gasteiger partial charge in [-0.2, -0.15) is 0 Å². The number of H-pyrrole nitrogens is 1. The molecule has 3 rings (SSSR count). The van der Waals surface area contributed by atoms with Gasteiger partial charge in [-0.3, -0.25) is 19.4 Å². The molecule has 0 radical (unpaired) electrons. The van der Waals surface area contributed by atoms with E-state index in [1.54, 1.807) is 31.5 Å². The third kappa shape index (κ3) is 3.45. The van der Waals surface area contributed by atoms with Gasteiger partial charge in [-0.1, -0.05) is 6.42 Å². The largest absolute Gasteiger partial charge is 0.310 e. The van der Waals surface area contributed by atoms with Crippen molar-refractivity contribution in [2.75, 3.05) is 0 Å². The van der Waals surface area contributed by atoms with Crippen molar-refractivity contribution in [3.63, 3.8) is 0 Å². The van der Waals surface area contributed by atoms with Crippen LogP contribution in [-0.4, -0.2) is 20.9 Å². The molecule has 1 aliphatic carbocycles. The van der Waals surface area contributed by atoms with Gasteiger partial charge in [0.1, 0.15) is 17.5 Å². The summed E-state index contributed by atoms with van der Waals surface area (Å²) in [5.74, 6) is 0.353. The molecule has 1 atom stereocenters. The van der Waals surface area contributed by atoms with E-state index < -0.39 is 11.5 Å². The quantitative estimate of drug-likeness (QED) is 0.821. The number of hydrogen-bond acceptors (Lipinski definition) is 5. The summed E-state index contributed by atoms with van der Waals surface area (Å²) in [7, 11) is 0. The third-order valence-corrected chi connectivity index (χ3v) is 4.06. The van der Waals surface area contributed by atoms with E-state index in [0.717, 1.165) is 24.8 Å². The van der Waals surface area contributed by atoms with Crippen molar-refractivity contribution < 1.29 is 9.63 Å². The summed E-state index contributed by atoms with van der Waals surface area (Å²) in [6.07, 6.45) is 7.44. The van der Waals surface area contributed by atoms with Gasteiger partial charge in [0.25, 0.3) is 11.5 Å². The lowest BCUT2D eigenvalue weighted by atomic mass is 9.85. The second-order valence-electron chi connectivity index (χ2n) is 5.61. The van der Waals surface area contributed by atoms with Gasteiger partial charge in [0.15, 0.2) is 0 Å². The van der Waals surface area contributed by atoms with Gasteiger partial charge in [-0.25, -0.2) is 10.5 Å². The van der Waals surface area contributed by atoms with Crippen molar-refractivity contribution in [2.24, 2.45) is 0 Å². The molecule has 1 saturated carbocycles. The van der Waals surface area contributed by atoms with Crippen LogP contribution in [0, 0.1) is 0 Å². The van der Waals surface area contributed by atoms with E-state index in [1.807, 2.05) is 0 Å². The van der Waals surface area contributed by atoms with Crippen LogP contribution in [0.4, 0.5) is 0 Å². The number of hydroxylamine groups is 1. The highest BCUT2D eigenvalue weighted by atomic mass is 16.7. The fourth-order valence-electron chi connectivity index (χ4n) is 2.36. The predicted octanol–water partition coefficient (Wildman–Crippen LogP) is 1.85. The van der Waals surface area contributed by atoms with Crippen molar-refractivity contribution in [1.29, 1.82) is 0 Å². The number of nitrogens with one attached hydrogen (secondary N) is 2. The molecule has 0 saturated heterocycles. The molecular formula is C16H18N4O3. The Balaban J connectivity index is 1.63. The second-order valence-corrected chi connectivity index (χ2v) is 5.61. The Kier molecular flexibility index (Phi) is 4.47. The number of aromatic amines is 1. The van der Waals surface area contributed by atoms with Gasteiger partial charge in [0, 0.05) is 24.5 Å². The monoisotopic (exact) mass is 314 g/mol. The summed E-state index contributed by atoms with van der Waals surface area (Å²) >= 11 is 0. The fraction of sp³-hybridized carbons (Fsp3) is 0.375. The molecule has 0 spiro atoms. The normalized spacial score (nSPS) is 15.7. The number of pyridine rings is 1. The number of hydrogen-bond donors (Lipinski definition) is 2. The lowest BCUT2D eigenvalue weighted by Crippen LogP contribution is -2.32. The van der Waals surface area contributed by atoms with Crippen molar-refractivity contribution in [2.45, 2.75) is 38.2 Å². The van der Waals surface area contributed by atoms with Crippen LogP contribution in [-0.2, 0) is 4.84 Å². The Bertz CT molecular complexity index is 740. The summed E-state index contributed by atoms with van der Waals surface area (Å²) in [5, 5.41) is 0. The summed E-state index contributed by atoms with van der Waals surface area (Å²) in [6, 6.07) is 3.58. The van der Waals surface area contributed by atoms with E-state index in [9.17, 15) is 9.59 Å². The molecule has 120 valence electrons. The molecule has 0 aromatic carbocycles. The van der Waals surface area contributed by atoms with E-state index in [-0.39, 0.29) is 11.7 Å². The first-order valence-electron chi connectivity index (χ1n) is 7.60. The number of carbonyl (C=O) groups is 1. The molecule has 1 aliphatic rings. The zero-order valence-corrected chi connectivity index (χ0v) is 12.8. The minimum Gasteiger partial charge on any atom is -0.310 e. The van der Waals surface area contributed by atoms with Gasteiger partial charge >= 0.3 is 0 Å². The maximum absolute atomic E-state index is 12.1. The molecule has 7 nitrogen and oxygen atoms in total. The first-order valence-corrected chi connectivity index (χ1v) is 7.60. The van der Waals surface area contributed by atoms with Crippen molar-refractivity contribution in [1.82, 2.24) is 20.4 Å². The minimum atomic E-state index is -0.611. The Hall–Kier alpha value is -2.54. The number of nitrogens with zero attached hydrogens (tertiary/aromatic N) is 2. The van der Waals surface area contributed by atoms with Crippen molar-refractivity contribution >= 4 is 5.91 Å².